The van der Waals surface area contributed by atoms with Crippen LogP contribution < -0.4 is 0 Å². The SMILES string of the molecule is Cc1ccc(S(=O)(=O)O[C@@H]2CO[C@H]3[C@H]2OC[C@H]3OS(=O)(=O)c2ccc(C)cc2)cc1. The lowest BCUT2D eigenvalue weighted by atomic mass is 10.1. The number of hydrogen-bond acceptors (Lipinski definition) is 8. The third-order valence-electron chi connectivity index (χ3n) is 5.08. The molecule has 0 saturated carbocycles. The molecule has 0 amide bonds. The monoisotopic (exact) mass is 454 g/mol. The Bertz CT molecular complexity index is 1020. The zero-order chi connectivity index (χ0) is 21.5. The fraction of sp³-hybridized carbons (Fsp3) is 0.400. The third kappa shape index (κ3) is 4.29. The summed E-state index contributed by atoms with van der Waals surface area (Å²) in [5.41, 5.74) is 1.85. The molecule has 0 spiro atoms. The highest BCUT2D eigenvalue weighted by molar-refractivity contribution is 7.87. The van der Waals surface area contributed by atoms with Gasteiger partial charge in [-0.2, -0.15) is 16.8 Å². The van der Waals surface area contributed by atoms with Crippen molar-refractivity contribution < 1.29 is 34.7 Å². The van der Waals surface area contributed by atoms with Crippen molar-refractivity contribution in [3.8, 4) is 0 Å². The molecule has 2 saturated heterocycles. The lowest BCUT2D eigenvalue weighted by Crippen LogP contribution is -2.36. The molecule has 2 aliphatic heterocycles. The summed E-state index contributed by atoms with van der Waals surface area (Å²) in [5, 5.41) is 0. The van der Waals surface area contributed by atoms with E-state index in [9.17, 15) is 16.8 Å². The molecule has 0 aromatic heterocycles. The molecule has 2 heterocycles. The Labute approximate surface area is 176 Å². The van der Waals surface area contributed by atoms with Gasteiger partial charge in [0.05, 0.1) is 23.0 Å². The van der Waals surface area contributed by atoms with Gasteiger partial charge < -0.3 is 9.47 Å². The zero-order valence-corrected chi connectivity index (χ0v) is 18.1. The number of benzene rings is 2. The van der Waals surface area contributed by atoms with Gasteiger partial charge in [-0.1, -0.05) is 35.4 Å². The molecule has 0 N–H and O–H groups in total. The van der Waals surface area contributed by atoms with E-state index in [0.29, 0.717) is 0 Å². The molecule has 0 aliphatic carbocycles. The number of hydrogen-bond donors (Lipinski definition) is 0. The highest BCUT2D eigenvalue weighted by Gasteiger charge is 2.51. The van der Waals surface area contributed by atoms with Crippen molar-refractivity contribution in [3.63, 3.8) is 0 Å². The summed E-state index contributed by atoms with van der Waals surface area (Å²) in [7, 11) is -8.04. The molecule has 4 rings (SSSR count). The molecule has 0 unspecified atom stereocenters. The summed E-state index contributed by atoms with van der Waals surface area (Å²) in [4.78, 5) is 0.0635. The second-order valence-electron chi connectivity index (χ2n) is 7.40. The van der Waals surface area contributed by atoms with Crippen molar-refractivity contribution in [1.82, 2.24) is 0 Å². The Morgan fingerprint density at radius 1 is 0.667 bits per heavy atom. The Morgan fingerprint density at radius 2 is 1.00 bits per heavy atom. The second kappa shape index (κ2) is 8.03. The number of aryl methyl sites for hydroxylation is 2. The molecule has 2 aromatic carbocycles. The van der Waals surface area contributed by atoms with Crippen LogP contribution in [0.5, 0.6) is 0 Å². The van der Waals surface area contributed by atoms with Gasteiger partial charge in [-0.25, -0.2) is 0 Å². The van der Waals surface area contributed by atoms with Crippen molar-refractivity contribution in [2.24, 2.45) is 0 Å². The Balaban J connectivity index is 1.44. The van der Waals surface area contributed by atoms with Crippen LogP contribution in [0.4, 0.5) is 0 Å². The molecule has 162 valence electrons. The quantitative estimate of drug-likeness (QED) is 0.610. The average Bonchev–Trinajstić information content (AvgIpc) is 3.26. The summed E-state index contributed by atoms with van der Waals surface area (Å²) in [6.07, 6.45) is -3.28. The molecule has 10 heteroatoms. The topological polar surface area (TPSA) is 105 Å². The zero-order valence-electron chi connectivity index (χ0n) is 16.4. The van der Waals surface area contributed by atoms with Crippen LogP contribution in [0.3, 0.4) is 0 Å². The number of ether oxygens (including phenoxy) is 2. The van der Waals surface area contributed by atoms with Crippen LogP contribution in [0.2, 0.25) is 0 Å². The van der Waals surface area contributed by atoms with E-state index in [1.54, 1.807) is 24.3 Å². The van der Waals surface area contributed by atoms with Crippen LogP contribution in [0.25, 0.3) is 0 Å². The van der Waals surface area contributed by atoms with Gasteiger partial charge in [0.25, 0.3) is 20.2 Å². The molecule has 8 nitrogen and oxygen atoms in total. The molecule has 2 aliphatic rings. The molecule has 0 bridgehead atoms. The summed E-state index contributed by atoms with van der Waals surface area (Å²) in [6.45, 7) is 3.60. The van der Waals surface area contributed by atoms with Gasteiger partial charge in [-0.05, 0) is 38.1 Å². The van der Waals surface area contributed by atoms with E-state index in [4.69, 9.17) is 17.8 Å². The molecule has 4 atom stereocenters. The van der Waals surface area contributed by atoms with Gasteiger partial charge in [0.2, 0.25) is 0 Å². The normalized spacial score (nSPS) is 26.6. The van der Waals surface area contributed by atoms with Crippen LogP contribution in [-0.2, 0) is 38.1 Å². The number of rotatable bonds is 6. The molecular weight excluding hydrogens is 432 g/mol. The summed E-state index contributed by atoms with van der Waals surface area (Å²) in [5.74, 6) is 0. The van der Waals surface area contributed by atoms with E-state index >= 15 is 0 Å². The molecule has 30 heavy (non-hydrogen) atoms. The lowest BCUT2D eigenvalue weighted by molar-refractivity contribution is 0.0220. The van der Waals surface area contributed by atoms with Crippen LogP contribution >= 0.6 is 0 Å². The van der Waals surface area contributed by atoms with Gasteiger partial charge >= 0.3 is 0 Å². The van der Waals surface area contributed by atoms with E-state index in [2.05, 4.69) is 0 Å². The van der Waals surface area contributed by atoms with E-state index in [1.165, 1.54) is 24.3 Å². The Kier molecular flexibility index (Phi) is 5.73. The van der Waals surface area contributed by atoms with Gasteiger partial charge in [-0.15, -0.1) is 0 Å². The van der Waals surface area contributed by atoms with Crippen LogP contribution in [-0.4, -0.2) is 54.5 Å². The first-order chi connectivity index (χ1) is 14.2. The van der Waals surface area contributed by atoms with Crippen molar-refractivity contribution in [2.45, 2.75) is 48.1 Å². The van der Waals surface area contributed by atoms with Crippen LogP contribution in [0, 0.1) is 13.8 Å². The van der Waals surface area contributed by atoms with Gasteiger partial charge in [-0.3, -0.25) is 8.37 Å². The predicted molar refractivity (Wildman–Crippen MR) is 106 cm³/mol. The first-order valence-electron chi connectivity index (χ1n) is 9.39. The van der Waals surface area contributed by atoms with E-state index in [0.717, 1.165) is 11.1 Å². The average molecular weight is 455 g/mol. The maximum Gasteiger partial charge on any atom is 0.297 e. The minimum absolute atomic E-state index is 0.0318. The minimum Gasteiger partial charge on any atom is -0.370 e. The fourth-order valence-electron chi connectivity index (χ4n) is 3.44. The summed E-state index contributed by atoms with van der Waals surface area (Å²) < 4.78 is 72.1. The molecular formula is C20H22O8S2. The summed E-state index contributed by atoms with van der Waals surface area (Å²) >= 11 is 0. The van der Waals surface area contributed by atoms with E-state index in [1.807, 2.05) is 13.8 Å². The molecule has 2 aromatic rings. The summed E-state index contributed by atoms with van der Waals surface area (Å²) in [6, 6.07) is 12.6. The molecule has 2 fully saturated rings. The van der Waals surface area contributed by atoms with Crippen molar-refractivity contribution in [2.75, 3.05) is 13.2 Å². The smallest absolute Gasteiger partial charge is 0.297 e. The van der Waals surface area contributed by atoms with Gasteiger partial charge in [0.15, 0.2) is 0 Å². The predicted octanol–water partition coefficient (Wildman–Crippen LogP) is 1.95. The standard InChI is InChI=1S/C20H22O8S2/c1-13-3-7-15(8-4-13)29(21,22)27-17-11-25-20-18(12-26-19(17)20)28-30(23,24)16-9-5-14(2)6-10-16/h3-10,17-20H,11-12H2,1-2H3/t17-,18-,19-,20+/m1/s1. The third-order valence-corrected chi connectivity index (χ3v) is 7.78. The molecule has 0 radical (unpaired) electrons. The minimum atomic E-state index is -4.02. The van der Waals surface area contributed by atoms with Crippen molar-refractivity contribution in [3.05, 3.63) is 59.7 Å². The Hall–Kier alpha value is -1.82. The van der Waals surface area contributed by atoms with E-state index < -0.39 is 44.7 Å². The van der Waals surface area contributed by atoms with Crippen molar-refractivity contribution >= 4 is 20.2 Å². The van der Waals surface area contributed by atoms with Crippen LogP contribution in [0.1, 0.15) is 11.1 Å². The largest absolute Gasteiger partial charge is 0.370 e. The lowest BCUT2D eigenvalue weighted by Gasteiger charge is -2.17. The highest BCUT2D eigenvalue weighted by atomic mass is 32.2. The van der Waals surface area contributed by atoms with Crippen molar-refractivity contribution in [1.29, 1.82) is 0 Å². The first-order valence-corrected chi connectivity index (χ1v) is 12.2. The Morgan fingerprint density at radius 3 is 1.33 bits per heavy atom. The van der Waals surface area contributed by atoms with E-state index in [-0.39, 0.29) is 23.0 Å². The van der Waals surface area contributed by atoms with Crippen LogP contribution in [0.15, 0.2) is 58.3 Å². The number of fused-ring (bicyclic) bond motifs is 1. The second-order valence-corrected chi connectivity index (χ2v) is 10.5. The first kappa shape index (κ1) is 21.4. The maximum atomic E-state index is 12.6. The maximum absolute atomic E-state index is 12.6. The fourth-order valence-corrected chi connectivity index (χ4v) is 5.58. The highest BCUT2D eigenvalue weighted by Crippen LogP contribution is 2.33. The van der Waals surface area contributed by atoms with Gasteiger partial charge in [0, 0.05) is 0 Å². The van der Waals surface area contributed by atoms with Gasteiger partial charge in [0.1, 0.15) is 24.4 Å².